The van der Waals surface area contributed by atoms with E-state index < -0.39 is 0 Å². The lowest BCUT2D eigenvalue weighted by Gasteiger charge is -2.34. The minimum absolute atomic E-state index is 0. The van der Waals surface area contributed by atoms with Crippen molar-refractivity contribution in [3.8, 4) is 0 Å². The molecule has 18 heavy (non-hydrogen) atoms. The molecule has 0 bridgehead atoms. The van der Waals surface area contributed by atoms with Crippen LogP contribution in [0.15, 0.2) is 15.9 Å². The van der Waals surface area contributed by atoms with Crippen molar-refractivity contribution < 1.29 is 4.79 Å². The van der Waals surface area contributed by atoms with Crippen LogP contribution in [0.1, 0.15) is 22.5 Å². The number of amides is 1. The van der Waals surface area contributed by atoms with Crippen molar-refractivity contribution in [1.82, 2.24) is 10.2 Å². The highest BCUT2D eigenvalue weighted by Crippen LogP contribution is 2.29. The molecule has 2 unspecified atom stereocenters. The summed E-state index contributed by atoms with van der Waals surface area (Å²) in [6, 6.07) is 2.59. The normalized spacial score (nSPS) is 26.6. The second kappa shape index (κ2) is 5.90. The van der Waals surface area contributed by atoms with E-state index in [2.05, 4.69) is 21.2 Å². The molecule has 1 amide bonds. The maximum absolute atomic E-state index is 12.4. The van der Waals surface area contributed by atoms with Gasteiger partial charge in [0.25, 0.3) is 5.91 Å². The third-order valence-electron chi connectivity index (χ3n) is 3.75. The Morgan fingerprint density at radius 1 is 1.50 bits per heavy atom. The molecule has 1 aromatic heterocycles. The molecule has 3 nitrogen and oxygen atoms in total. The number of fused-ring (bicyclic) bond motifs is 1. The summed E-state index contributed by atoms with van der Waals surface area (Å²) in [7, 11) is 0. The molecule has 1 N–H and O–H groups in total. The van der Waals surface area contributed by atoms with E-state index in [4.69, 9.17) is 0 Å². The third kappa shape index (κ3) is 2.59. The molecule has 2 atom stereocenters. The first-order valence-electron chi connectivity index (χ1n) is 6.01. The van der Waals surface area contributed by atoms with Gasteiger partial charge in [0.15, 0.2) is 0 Å². The second-order valence-electron chi connectivity index (χ2n) is 4.75. The first-order chi connectivity index (χ1) is 8.25. The van der Waals surface area contributed by atoms with Gasteiger partial charge in [-0.1, -0.05) is 0 Å². The molecule has 3 rings (SSSR count). The number of nitrogens with one attached hydrogen (secondary N) is 1. The van der Waals surface area contributed by atoms with E-state index in [0.717, 1.165) is 35.4 Å². The molecule has 1 aromatic rings. The largest absolute Gasteiger partial charge is 0.338 e. The van der Waals surface area contributed by atoms with E-state index in [1.54, 1.807) is 0 Å². The van der Waals surface area contributed by atoms with Crippen LogP contribution in [-0.4, -0.2) is 36.5 Å². The Balaban J connectivity index is 0.00000120. The number of carbonyl (C=O) groups is 1. The summed E-state index contributed by atoms with van der Waals surface area (Å²) in [5, 5.41) is 5.48. The molecule has 2 aliphatic rings. The van der Waals surface area contributed by atoms with Crippen molar-refractivity contribution in [2.24, 2.45) is 5.92 Å². The van der Waals surface area contributed by atoms with E-state index in [9.17, 15) is 4.79 Å². The van der Waals surface area contributed by atoms with Crippen LogP contribution < -0.4 is 5.32 Å². The molecule has 6 heteroatoms. The van der Waals surface area contributed by atoms with Crippen molar-refractivity contribution in [2.75, 3.05) is 19.6 Å². The van der Waals surface area contributed by atoms with Gasteiger partial charge in [0.1, 0.15) is 4.88 Å². The number of thiophene rings is 1. The number of rotatable bonds is 1. The number of likely N-dealkylation sites (tertiary alicyclic amines) is 1. The Hall–Kier alpha value is -0.100. The smallest absolute Gasteiger partial charge is 0.265 e. The van der Waals surface area contributed by atoms with E-state index in [1.807, 2.05) is 16.3 Å². The van der Waals surface area contributed by atoms with Crippen LogP contribution in [0.5, 0.6) is 0 Å². The molecule has 0 radical (unpaired) electrons. The number of hydrogen-bond acceptors (Lipinski definition) is 3. The second-order valence-corrected chi connectivity index (χ2v) is 6.52. The fourth-order valence-corrected chi connectivity index (χ4v) is 4.33. The monoisotopic (exact) mass is 350 g/mol. The van der Waals surface area contributed by atoms with E-state index >= 15 is 0 Å². The minimum Gasteiger partial charge on any atom is -0.338 e. The Morgan fingerprint density at radius 2 is 2.33 bits per heavy atom. The average molecular weight is 352 g/mol. The highest BCUT2D eigenvalue weighted by Gasteiger charge is 2.35. The van der Waals surface area contributed by atoms with Crippen LogP contribution in [0.25, 0.3) is 0 Å². The molecular formula is C12H16BrClN2OS. The van der Waals surface area contributed by atoms with Gasteiger partial charge in [0.05, 0.1) is 0 Å². The Labute approximate surface area is 125 Å². The molecule has 0 saturated carbocycles. The summed E-state index contributed by atoms with van der Waals surface area (Å²) in [6.45, 7) is 2.91. The predicted octanol–water partition coefficient (Wildman–Crippen LogP) is 2.76. The minimum atomic E-state index is 0. The number of piperidine rings is 1. The standard InChI is InChI=1S/C12H15BrN2OS.ClH/c13-9-3-6-17-11(9)12(16)15-5-2-10-8(7-15)1-4-14-10;/h3,6,8,10,14H,1-2,4-5,7H2;1H. The van der Waals surface area contributed by atoms with Crippen molar-refractivity contribution in [1.29, 1.82) is 0 Å². The molecule has 3 heterocycles. The number of carbonyl (C=O) groups excluding carboxylic acids is 1. The van der Waals surface area contributed by atoms with Crippen molar-refractivity contribution in [3.05, 3.63) is 20.8 Å². The first-order valence-corrected chi connectivity index (χ1v) is 7.68. The molecule has 0 aromatic carbocycles. The average Bonchev–Trinajstić information content (AvgIpc) is 2.95. The van der Waals surface area contributed by atoms with Gasteiger partial charge in [-0.25, -0.2) is 0 Å². The van der Waals surface area contributed by atoms with Crippen LogP contribution in [-0.2, 0) is 0 Å². The van der Waals surface area contributed by atoms with Gasteiger partial charge >= 0.3 is 0 Å². The van der Waals surface area contributed by atoms with Crippen LogP contribution in [0, 0.1) is 5.92 Å². The van der Waals surface area contributed by atoms with Crippen molar-refractivity contribution in [2.45, 2.75) is 18.9 Å². The van der Waals surface area contributed by atoms with Crippen LogP contribution >= 0.6 is 39.7 Å². The molecule has 0 spiro atoms. The van der Waals surface area contributed by atoms with Gasteiger partial charge < -0.3 is 10.2 Å². The number of halogens is 2. The van der Waals surface area contributed by atoms with E-state index in [1.165, 1.54) is 17.8 Å². The summed E-state index contributed by atoms with van der Waals surface area (Å²) >= 11 is 4.96. The lowest BCUT2D eigenvalue weighted by Crippen LogP contribution is -2.46. The maximum Gasteiger partial charge on any atom is 0.265 e. The highest BCUT2D eigenvalue weighted by atomic mass is 79.9. The van der Waals surface area contributed by atoms with E-state index in [0.29, 0.717) is 12.0 Å². The zero-order chi connectivity index (χ0) is 11.8. The van der Waals surface area contributed by atoms with E-state index in [-0.39, 0.29) is 18.3 Å². The molecular weight excluding hydrogens is 336 g/mol. The Kier molecular flexibility index (Phi) is 4.69. The van der Waals surface area contributed by atoms with Crippen LogP contribution in [0.4, 0.5) is 0 Å². The quantitative estimate of drug-likeness (QED) is 0.844. The van der Waals surface area contributed by atoms with Gasteiger partial charge in [-0.3, -0.25) is 4.79 Å². The molecule has 2 fully saturated rings. The Bertz CT molecular complexity index is 439. The molecule has 0 aliphatic carbocycles. The molecule has 2 saturated heterocycles. The SMILES string of the molecule is Cl.O=C(c1sccc1Br)N1CCC2NCCC2C1. The molecule has 2 aliphatic heterocycles. The summed E-state index contributed by atoms with van der Waals surface area (Å²) in [5.41, 5.74) is 0. The topological polar surface area (TPSA) is 32.3 Å². The summed E-state index contributed by atoms with van der Waals surface area (Å²) in [5.74, 6) is 0.851. The zero-order valence-electron chi connectivity index (χ0n) is 9.89. The van der Waals surface area contributed by atoms with Crippen molar-refractivity contribution >= 4 is 45.6 Å². The van der Waals surface area contributed by atoms with Gasteiger partial charge in [0.2, 0.25) is 0 Å². The predicted molar refractivity (Wildman–Crippen MR) is 79.7 cm³/mol. The lowest BCUT2D eigenvalue weighted by molar-refractivity contribution is 0.0666. The maximum atomic E-state index is 12.4. The molecule has 100 valence electrons. The summed E-state index contributed by atoms with van der Waals surface area (Å²) < 4.78 is 0.930. The Morgan fingerprint density at radius 3 is 3.06 bits per heavy atom. The van der Waals surface area contributed by atoms with Gasteiger partial charge in [-0.15, -0.1) is 23.7 Å². The number of nitrogens with zero attached hydrogens (tertiary/aromatic N) is 1. The van der Waals surface area contributed by atoms with Gasteiger partial charge in [-0.05, 0) is 52.7 Å². The van der Waals surface area contributed by atoms with Crippen LogP contribution in [0.2, 0.25) is 0 Å². The fourth-order valence-electron chi connectivity index (χ4n) is 2.82. The number of hydrogen-bond donors (Lipinski definition) is 1. The van der Waals surface area contributed by atoms with Crippen molar-refractivity contribution in [3.63, 3.8) is 0 Å². The highest BCUT2D eigenvalue weighted by molar-refractivity contribution is 9.10. The lowest BCUT2D eigenvalue weighted by atomic mass is 9.93. The summed E-state index contributed by atoms with van der Waals surface area (Å²) in [4.78, 5) is 15.2. The zero-order valence-corrected chi connectivity index (χ0v) is 13.1. The first kappa shape index (κ1) is 14.3. The van der Waals surface area contributed by atoms with Gasteiger partial charge in [-0.2, -0.15) is 0 Å². The van der Waals surface area contributed by atoms with Crippen LogP contribution in [0.3, 0.4) is 0 Å². The van der Waals surface area contributed by atoms with Gasteiger partial charge in [0, 0.05) is 23.6 Å². The fraction of sp³-hybridized carbons (Fsp3) is 0.583. The summed E-state index contributed by atoms with van der Waals surface area (Å²) in [6.07, 6.45) is 2.31. The third-order valence-corrected chi connectivity index (χ3v) is 5.58.